The van der Waals surface area contributed by atoms with E-state index in [-0.39, 0.29) is 41.5 Å². The summed E-state index contributed by atoms with van der Waals surface area (Å²) < 4.78 is 41.0. The molecule has 0 aromatic heterocycles. The van der Waals surface area contributed by atoms with Gasteiger partial charge in [0.25, 0.3) is 0 Å². The van der Waals surface area contributed by atoms with Gasteiger partial charge in [-0.05, 0) is 81.4 Å². The predicted octanol–water partition coefficient (Wildman–Crippen LogP) is 4.90. The molecule has 1 aromatic carbocycles. The molecule has 0 amide bonds. The number of carbonyl (C=O) groups excluding carboxylic acids is 1. The summed E-state index contributed by atoms with van der Waals surface area (Å²) in [7, 11) is 3.44. The lowest BCUT2D eigenvalue weighted by Gasteiger charge is -2.75. The van der Waals surface area contributed by atoms with Crippen LogP contribution in [0.15, 0.2) is 12.1 Å². The van der Waals surface area contributed by atoms with Crippen molar-refractivity contribution < 1.29 is 43.1 Å². The maximum Gasteiger partial charge on any atom is 0.514 e. The quantitative estimate of drug-likeness (QED) is 0.169. The van der Waals surface area contributed by atoms with Gasteiger partial charge < -0.3 is 38.3 Å². The first-order valence-electron chi connectivity index (χ1n) is 17.8. The second-order valence-corrected chi connectivity index (χ2v) is 16.2. The first-order chi connectivity index (χ1) is 22.4. The normalized spacial score (nSPS) is 34.8. The molecular formula is C37H55NO9. The maximum atomic E-state index is 13.0. The van der Waals surface area contributed by atoms with E-state index in [1.165, 1.54) is 24.0 Å². The molecule has 262 valence electrons. The number of aliphatic hydroxyl groups is 1. The Morgan fingerprint density at radius 2 is 1.72 bits per heavy atom. The third-order valence-electron chi connectivity index (χ3n) is 13.3. The van der Waals surface area contributed by atoms with Crippen LogP contribution in [0.4, 0.5) is 4.79 Å². The van der Waals surface area contributed by atoms with Crippen LogP contribution in [0.2, 0.25) is 0 Å². The van der Waals surface area contributed by atoms with Crippen molar-refractivity contribution in [3.8, 4) is 11.5 Å². The molecule has 2 spiro atoms. The van der Waals surface area contributed by atoms with Crippen LogP contribution in [0.5, 0.6) is 11.5 Å². The van der Waals surface area contributed by atoms with E-state index in [1.807, 2.05) is 13.0 Å². The molecule has 10 nitrogen and oxygen atoms in total. The van der Waals surface area contributed by atoms with E-state index in [9.17, 15) is 9.90 Å². The summed E-state index contributed by atoms with van der Waals surface area (Å²) in [6, 6.07) is 4.39. The van der Waals surface area contributed by atoms with Crippen molar-refractivity contribution >= 4 is 6.16 Å². The molecule has 1 saturated heterocycles. The molecule has 8 rings (SSSR count). The molecule has 4 bridgehead atoms. The zero-order chi connectivity index (χ0) is 33.2. The van der Waals surface area contributed by atoms with Crippen LogP contribution in [0.3, 0.4) is 0 Å². The van der Waals surface area contributed by atoms with Crippen LogP contribution in [0.1, 0.15) is 77.3 Å². The number of benzene rings is 1. The first kappa shape index (κ1) is 33.5. The summed E-state index contributed by atoms with van der Waals surface area (Å²) in [4.78, 5) is 15.8. The lowest BCUT2D eigenvalue weighted by molar-refractivity contribution is -0.312. The molecule has 5 fully saturated rings. The number of likely N-dealkylation sites (tertiary alicyclic amines) is 1. The van der Waals surface area contributed by atoms with Gasteiger partial charge in [0.2, 0.25) is 0 Å². The zero-order valence-electron chi connectivity index (χ0n) is 29.2. The van der Waals surface area contributed by atoms with Crippen LogP contribution < -0.4 is 9.47 Å². The van der Waals surface area contributed by atoms with Gasteiger partial charge in [0.1, 0.15) is 18.3 Å². The van der Waals surface area contributed by atoms with Crippen molar-refractivity contribution in [3.05, 3.63) is 23.3 Å². The average Bonchev–Trinajstić information content (AvgIpc) is 3.78. The SMILES string of the molecule is COCCOCCOCCOC(=O)Oc1ccc2c3c1O[C@H]1[C@@]4(OC)CC[C@@]5(C[C@@H]4[C@](C)(O)C(C)(C)C)[C@@H](C2)N(CC2CC2)CC[C@]315. The van der Waals surface area contributed by atoms with E-state index in [1.54, 1.807) is 14.2 Å². The molecule has 7 aliphatic rings. The number of nitrogens with zero attached hydrogens (tertiary/aromatic N) is 1. The molecule has 2 aliphatic heterocycles. The Labute approximate surface area is 279 Å². The van der Waals surface area contributed by atoms with Crippen LogP contribution in [0.25, 0.3) is 0 Å². The Hall–Kier alpha value is -1.95. The smallest absolute Gasteiger partial charge is 0.482 e. The Morgan fingerprint density at radius 1 is 1.00 bits per heavy atom. The van der Waals surface area contributed by atoms with Crippen molar-refractivity contribution in [3.63, 3.8) is 0 Å². The summed E-state index contributed by atoms with van der Waals surface area (Å²) in [5.74, 6) is 1.73. The number of piperidine rings is 1. The molecular weight excluding hydrogens is 602 g/mol. The zero-order valence-corrected chi connectivity index (χ0v) is 29.2. The van der Waals surface area contributed by atoms with Crippen LogP contribution in [-0.4, -0.2) is 106 Å². The van der Waals surface area contributed by atoms with Gasteiger partial charge in [-0.25, -0.2) is 4.79 Å². The number of rotatable bonds is 14. The first-order valence-corrected chi connectivity index (χ1v) is 17.8. The standard InChI is InChI=1S/C37H55NO9/c1-33(2,3)34(4,40)27-22-35-11-12-37(27,42-6)31-36(35)13-14-38(23-24-7-8-24)28(35)21-25-9-10-26(30(47-31)29(25)36)46-32(39)45-20-19-44-18-17-43-16-15-41-5/h9-10,24,27-28,31,40H,7-8,11-23H2,1-6H3/t27-,28-,31-,34+,35-,36+,37-/m1/s1. The van der Waals surface area contributed by atoms with Gasteiger partial charge in [-0.3, -0.25) is 4.90 Å². The van der Waals surface area contributed by atoms with E-state index < -0.39 is 17.4 Å². The topological polar surface area (TPSA) is 105 Å². The van der Waals surface area contributed by atoms with E-state index >= 15 is 0 Å². The fourth-order valence-corrected chi connectivity index (χ4v) is 10.4. The van der Waals surface area contributed by atoms with Gasteiger partial charge in [-0.2, -0.15) is 0 Å². The minimum absolute atomic E-state index is 0.0720. The summed E-state index contributed by atoms with van der Waals surface area (Å²) in [6.45, 7) is 12.8. The molecule has 2 heterocycles. The van der Waals surface area contributed by atoms with Gasteiger partial charge in [0, 0.05) is 49.1 Å². The van der Waals surface area contributed by atoms with Gasteiger partial charge in [0.15, 0.2) is 11.5 Å². The minimum atomic E-state index is -0.993. The van der Waals surface area contributed by atoms with E-state index in [0.29, 0.717) is 44.0 Å². The molecule has 0 radical (unpaired) electrons. The van der Waals surface area contributed by atoms with E-state index in [4.69, 9.17) is 33.2 Å². The number of carbonyl (C=O) groups is 1. The summed E-state index contributed by atoms with van der Waals surface area (Å²) >= 11 is 0. The van der Waals surface area contributed by atoms with Gasteiger partial charge in [-0.15, -0.1) is 0 Å². The van der Waals surface area contributed by atoms with Crippen molar-refractivity contribution in [2.24, 2.45) is 22.7 Å². The number of fused-ring (bicyclic) bond motifs is 2. The molecule has 0 unspecified atom stereocenters. The maximum absolute atomic E-state index is 13.0. The highest BCUT2D eigenvalue weighted by Crippen LogP contribution is 2.78. The average molecular weight is 658 g/mol. The fraction of sp³-hybridized carbons (Fsp3) is 0.811. The number of hydrogen-bond acceptors (Lipinski definition) is 10. The number of ether oxygens (including phenoxy) is 7. The lowest BCUT2D eigenvalue weighted by atomic mass is 9.33. The second-order valence-electron chi connectivity index (χ2n) is 16.2. The van der Waals surface area contributed by atoms with E-state index in [2.05, 4.69) is 31.7 Å². The van der Waals surface area contributed by atoms with Crippen molar-refractivity contribution in [1.82, 2.24) is 4.90 Å². The lowest BCUT2D eigenvalue weighted by Crippen LogP contribution is -2.83. The Balaban J connectivity index is 1.18. The van der Waals surface area contributed by atoms with Crippen LogP contribution >= 0.6 is 0 Å². The summed E-state index contributed by atoms with van der Waals surface area (Å²) in [6.07, 6.45) is 6.25. The Kier molecular flexibility index (Phi) is 8.65. The van der Waals surface area contributed by atoms with Gasteiger partial charge in [0.05, 0.1) is 38.6 Å². The minimum Gasteiger partial charge on any atom is -0.482 e. The van der Waals surface area contributed by atoms with Gasteiger partial charge >= 0.3 is 6.16 Å². The number of hydrogen-bond donors (Lipinski definition) is 1. The molecule has 47 heavy (non-hydrogen) atoms. The Morgan fingerprint density at radius 3 is 2.40 bits per heavy atom. The monoisotopic (exact) mass is 657 g/mol. The predicted molar refractivity (Wildman–Crippen MR) is 174 cm³/mol. The van der Waals surface area contributed by atoms with Gasteiger partial charge in [-0.1, -0.05) is 26.8 Å². The van der Waals surface area contributed by atoms with Crippen LogP contribution in [0, 0.1) is 22.7 Å². The molecule has 7 atom stereocenters. The molecule has 10 heteroatoms. The van der Waals surface area contributed by atoms with Crippen LogP contribution in [-0.2, 0) is 35.5 Å². The highest BCUT2D eigenvalue weighted by atomic mass is 16.7. The highest BCUT2D eigenvalue weighted by molar-refractivity contribution is 5.70. The highest BCUT2D eigenvalue weighted by Gasteiger charge is 2.82. The Bertz CT molecular complexity index is 1340. The molecule has 5 aliphatic carbocycles. The third kappa shape index (κ3) is 5.06. The molecule has 4 saturated carbocycles. The molecule has 1 aromatic rings. The van der Waals surface area contributed by atoms with E-state index in [0.717, 1.165) is 51.1 Å². The third-order valence-corrected chi connectivity index (χ3v) is 13.3. The second kappa shape index (κ2) is 12.1. The fourth-order valence-electron chi connectivity index (χ4n) is 10.4. The van der Waals surface area contributed by atoms with Crippen molar-refractivity contribution in [2.45, 2.75) is 101 Å². The summed E-state index contributed by atoms with van der Waals surface area (Å²) in [5.41, 5.74) is 0.109. The summed E-state index contributed by atoms with van der Waals surface area (Å²) in [5, 5.41) is 12.4. The largest absolute Gasteiger partial charge is 0.514 e. The van der Waals surface area contributed by atoms with Crippen molar-refractivity contribution in [2.75, 3.05) is 67.0 Å². The number of methoxy groups -OCH3 is 2. The molecule has 1 N–H and O–H groups in total. The van der Waals surface area contributed by atoms with Crippen molar-refractivity contribution in [1.29, 1.82) is 0 Å².